The third kappa shape index (κ3) is 4.48. The van der Waals surface area contributed by atoms with Crippen LogP contribution in [0.4, 0.5) is 27.6 Å². The fourth-order valence-electron chi connectivity index (χ4n) is 3.14. The summed E-state index contributed by atoms with van der Waals surface area (Å²) in [5.41, 5.74) is 0.0159. The van der Waals surface area contributed by atoms with E-state index in [1.165, 1.54) is 17.0 Å². The highest BCUT2D eigenvalue weighted by Crippen LogP contribution is 2.44. The van der Waals surface area contributed by atoms with Crippen LogP contribution in [-0.2, 0) is 16.1 Å². The number of thioether (sulfide) groups is 1. The van der Waals surface area contributed by atoms with Crippen LogP contribution in [0.1, 0.15) is 11.4 Å². The molecule has 1 amide bonds. The number of ether oxygens (including phenoxy) is 1. The number of aliphatic carboxylic acids is 1. The lowest BCUT2D eigenvalue weighted by Crippen LogP contribution is -2.41. The number of fused-ring (bicyclic) bond motifs is 2. The van der Waals surface area contributed by atoms with Gasteiger partial charge in [0.1, 0.15) is 16.3 Å². The molecule has 4 rings (SSSR count). The Bertz CT molecular complexity index is 1230. The number of rotatable bonds is 5. The second-order valence-corrected chi connectivity index (χ2v) is 8.98. The zero-order valence-corrected chi connectivity index (χ0v) is 17.3. The summed E-state index contributed by atoms with van der Waals surface area (Å²) in [6, 6.07) is 5.62. The highest BCUT2D eigenvalue weighted by atomic mass is 32.2. The number of carboxylic acids is 1. The number of halogens is 5. The average molecular weight is 490 g/mol. The smallest absolute Gasteiger partial charge is 0.481 e. The molecule has 1 aliphatic rings. The Hall–Kier alpha value is -2.93. The molecule has 0 radical (unpaired) electrons. The largest absolute Gasteiger partial charge is 0.573 e. The van der Waals surface area contributed by atoms with Gasteiger partial charge in [-0.2, -0.15) is 0 Å². The van der Waals surface area contributed by atoms with Gasteiger partial charge in [-0.1, -0.05) is 0 Å². The maximum atomic E-state index is 14.0. The van der Waals surface area contributed by atoms with Crippen LogP contribution in [0.3, 0.4) is 0 Å². The first-order valence-electron chi connectivity index (χ1n) is 8.85. The number of amides is 1. The summed E-state index contributed by atoms with van der Waals surface area (Å²) in [4.78, 5) is 29.6. The van der Waals surface area contributed by atoms with Crippen molar-refractivity contribution in [3.8, 4) is 5.75 Å². The third-order valence-corrected chi connectivity index (χ3v) is 6.66. The number of carboxylic acid groups (broad SMARTS) is 1. The number of carbonyl (C=O) groups excluding carboxylic acids is 1. The van der Waals surface area contributed by atoms with Crippen LogP contribution in [0.2, 0.25) is 0 Å². The second-order valence-electron chi connectivity index (χ2n) is 6.62. The minimum Gasteiger partial charge on any atom is -0.481 e. The number of thiazole rings is 1. The van der Waals surface area contributed by atoms with Gasteiger partial charge >= 0.3 is 12.3 Å². The first-order chi connectivity index (χ1) is 15.0. The van der Waals surface area contributed by atoms with Crippen molar-refractivity contribution in [2.45, 2.75) is 29.5 Å². The van der Waals surface area contributed by atoms with Gasteiger partial charge in [0.2, 0.25) is 5.91 Å². The Morgan fingerprint density at radius 1 is 1.22 bits per heavy atom. The highest BCUT2D eigenvalue weighted by Gasteiger charge is 2.37. The van der Waals surface area contributed by atoms with E-state index in [0.29, 0.717) is 4.70 Å². The Balaban J connectivity index is 1.72. The van der Waals surface area contributed by atoms with E-state index in [1.807, 2.05) is 0 Å². The maximum Gasteiger partial charge on any atom is 0.573 e. The van der Waals surface area contributed by atoms with Gasteiger partial charge in [0.15, 0.2) is 11.6 Å². The van der Waals surface area contributed by atoms with Crippen molar-refractivity contribution in [1.29, 1.82) is 0 Å². The molecule has 0 saturated heterocycles. The number of aromatic nitrogens is 1. The Kier molecular flexibility index (Phi) is 5.71. The quantitative estimate of drug-likeness (QED) is 0.510. The van der Waals surface area contributed by atoms with Gasteiger partial charge in [-0.25, -0.2) is 13.8 Å². The Morgan fingerprint density at radius 3 is 2.66 bits per heavy atom. The number of benzene rings is 2. The van der Waals surface area contributed by atoms with Crippen LogP contribution in [0.5, 0.6) is 5.75 Å². The van der Waals surface area contributed by atoms with Crippen LogP contribution in [0, 0.1) is 11.6 Å². The molecule has 1 unspecified atom stereocenters. The molecular weight excluding hydrogens is 479 g/mol. The molecule has 2 heterocycles. The summed E-state index contributed by atoms with van der Waals surface area (Å²) in [6.45, 7) is -0.206. The van der Waals surface area contributed by atoms with Crippen molar-refractivity contribution in [3.63, 3.8) is 0 Å². The normalized spacial score (nSPS) is 16.3. The first-order valence-corrected chi connectivity index (χ1v) is 10.5. The summed E-state index contributed by atoms with van der Waals surface area (Å²) in [5, 5.41) is 8.25. The number of anilines is 1. The lowest BCUT2D eigenvalue weighted by Gasteiger charge is -2.33. The molecule has 0 spiro atoms. The molecule has 1 aliphatic heterocycles. The molecule has 0 bridgehead atoms. The van der Waals surface area contributed by atoms with Crippen molar-refractivity contribution in [1.82, 2.24) is 4.98 Å². The van der Waals surface area contributed by atoms with Crippen molar-refractivity contribution in [2.24, 2.45) is 0 Å². The predicted molar refractivity (Wildman–Crippen MR) is 106 cm³/mol. The van der Waals surface area contributed by atoms with Gasteiger partial charge < -0.3 is 14.7 Å². The fraction of sp³-hybridized carbons (Fsp3) is 0.211. The fourth-order valence-corrected chi connectivity index (χ4v) is 5.34. The number of carbonyl (C=O) groups is 2. The van der Waals surface area contributed by atoms with E-state index in [0.717, 1.165) is 41.3 Å². The standard InChI is InChI=1S/C19H11F5N2O4S2/c20-9-2-4-11-17(16(9)21)25-14(32-11)7-26-10-3-1-8(30-19(22,23)24)5-12(10)31-13(18(26)29)6-15(27)28/h1-5,13H,6-7H2,(H,27,28). The summed E-state index contributed by atoms with van der Waals surface area (Å²) < 4.78 is 69.5. The van der Waals surface area contributed by atoms with Crippen LogP contribution in [0.25, 0.3) is 10.2 Å². The Morgan fingerprint density at radius 2 is 1.97 bits per heavy atom. The van der Waals surface area contributed by atoms with E-state index in [9.17, 15) is 31.5 Å². The molecule has 0 fully saturated rings. The molecule has 2 aromatic carbocycles. The molecule has 1 N–H and O–H groups in total. The molecule has 1 atom stereocenters. The molecule has 0 saturated carbocycles. The Labute approximate surface area is 184 Å². The van der Waals surface area contributed by atoms with Gasteiger partial charge in [-0.05, 0) is 30.3 Å². The SMILES string of the molecule is O=C(O)CC1Sc2cc(OC(F)(F)F)ccc2N(Cc2nc3c(F)c(F)ccc3s2)C1=O. The number of nitrogens with zero attached hydrogens (tertiary/aromatic N) is 2. The van der Waals surface area contributed by atoms with E-state index < -0.39 is 47.3 Å². The summed E-state index contributed by atoms with van der Waals surface area (Å²) in [5.74, 6) is -4.60. The summed E-state index contributed by atoms with van der Waals surface area (Å²) in [7, 11) is 0. The molecule has 1 aromatic heterocycles. The minimum absolute atomic E-state index is 0.205. The topological polar surface area (TPSA) is 79.7 Å². The van der Waals surface area contributed by atoms with E-state index >= 15 is 0 Å². The van der Waals surface area contributed by atoms with Crippen LogP contribution in [0.15, 0.2) is 35.2 Å². The molecule has 32 heavy (non-hydrogen) atoms. The maximum absolute atomic E-state index is 14.0. The van der Waals surface area contributed by atoms with E-state index in [2.05, 4.69) is 9.72 Å². The summed E-state index contributed by atoms with van der Waals surface area (Å²) >= 11 is 1.82. The molecule has 13 heteroatoms. The first kappa shape index (κ1) is 22.3. The predicted octanol–water partition coefficient (Wildman–Crippen LogP) is 4.96. The molecular formula is C19H11F5N2O4S2. The zero-order chi connectivity index (χ0) is 23.2. The minimum atomic E-state index is -4.93. The number of hydrogen-bond acceptors (Lipinski definition) is 6. The summed E-state index contributed by atoms with van der Waals surface area (Å²) in [6.07, 6.45) is -5.49. The monoisotopic (exact) mass is 490 g/mol. The van der Waals surface area contributed by atoms with Crippen LogP contribution < -0.4 is 9.64 Å². The van der Waals surface area contributed by atoms with Crippen molar-refractivity contribution >= 4 is 50.9 Å². The van der Waals surface area contributed by atoms with E-state index in [4.69, 9.17) is 5.11 Å². The van der Waals surface area contributed by atoms with Gasteiger partial charge in [-0.3, -0.25) is 9.59 Å². The van der Waals surface area contributed by atoms with Gasteiger partial charge in [-0.15, -0.1) is 36.3 Å². The number of hydrogen-bond donors (Lipinski definition) is 1. The second kappa shape index (κ2) is 8.20. The van der Waals surface area contributed by atoms with Gasteiger partial charge in [0, 0.05) is 4.90 Å². The van der Waals surface area contributed by atoms with Crippen molar-refractivity contribution < 1.29 is 41.4 Å². The third-order valence-electron chi connectivity index (χ3n) is 4.42. The molecule has 6 nitrogen and oxygen atoms in total. The average Bonchev–Trinajstić information content (AvgIpc) is 3.10. The van der Waals surface area contributed by atoms with Crippen LogP contribution in [-0.4, -0.2) is 33.6 Å². The van der Waals surface area contributed by atoms with Crippen molar-refractivity contribution in [2.75, 3.05) is 4.90 Å². The highest BCUT2D eigenvalue weighted by molar-refractivity contribution is 8.01. The number of alkyl halides is 3. The van der Waals surface area contributed by atoms with Gasteiger partial charge in [0.25, 0.3) is 0 Å². The van der Waals surface area contributed by atoms with Crippen molar-refractivity contribution in [3.05, 3.63) is 47.0 Å². The van der Waals surface area contributed by atoms with Crippen LogP contribution >= 0.6 is 23.1 Å². The molecule has 0 aliphatic carbocycles. The van der Waals surface area contributed by atoms with E-state index in [1.54, 1.807) is 0 Å². The van der Waals surface area contributed by atoms with Gasteiger partial charge in [0.05, 0.1) is 28.6 Å². The lowest BCUT2D eigenvalue weighted by atomic mass is 10.2. The lowest BCUT2D eigenvalue weighted by molar-refractivity contribution is -0.274. The van der Waals surface area contributed by atoms with E-state index in [-0.39, 0.29) is 27.7 Å². The zero-order valence-electron chi connectivity index (χ0n) is 15.7. The molecule has 3 aromatic rings. The molecule has 168 valence electrons.